The van der Waals surface area contributed by atoms with E-state index >= 15 is 0 Å². The van der Waals surface area contributed by atoms with E-state index in [1.807, 2.05) is 50.2 Å². The molecule has 0 aliphatic heterocycles. The smallest absolute Gasteiger partial charge is 0.252 e. The molecule has 1 amide bonds. The second-order valence-corrected chi connectivity index (χ2v) is 6.23. The van der Waals surface area contributed by atoms with Gasteiger partial charge in [-0.05, 0) is 33.5 Å². The van der Waals surface area contributed by atoms with Gasteiger partial charge in [0.2, 0.25) is 11.9 Å². The van der Waals surface area contributed by atoms with Gasteiger partial charge in [0.15, 0.2) is 0 Å². The Bertz CT molecular complexity index is 785. The van der Waals surface area contributed by atoms with Crippen molar-refractivity contribution in [3.05, 3.63) is 57.5 Å². The summed E-state index contributed by atoms with van der Waals surface area (Å²) in [5.74, 6) is 0.338. The van der Waals surface area contributed by atoms with Crippen LogP contribution >= 0.6 is 0 Å². The summed E-state index contributed by atoms with van der Waals surface area (Å²) in [6, 6.07) is 9.01. The van der Waals surface area contributed by atoms with Crippen LogP contribution in [0.5, 0.6) is 0 Å². The number of aryl methyl sites for hydroxylation is 2. The van der Waals surface area contributed by atoms with E-state index in [1.165, 1.54) is 6.07 Å². The Morgan fingerprint density at radius 2 is 2.00 bits per heavy atom. The van der Waals surface area contributed by atoms with Crippen molar-refractivity contribution in [2.75, 3.05) is 32.5 Å². The van der Waals surface area contributed by atoms with Gasteiger partial charge in [-0.25, -0.2) is 4.98 Å². The Kier molecular flexibility index (Phi) is 6.30. The topological polar surface area (TPSA) is 90.1 Å². The fourth-order valence-electron chi connectivity index (χ4n) is 2.65. The van der Waals surface area contributed by atoms with Crippen molar-refractivity contribution in [3.63, 3.8) is 0 Å². The van der Waals surface area contributed by atoms with Crippen LogP contribution in [0.2, 0.25) is 0 Å². The van der Waals surface area contributed by atoms with Crippen LogP contribution in [0.3, 0.4) is 0 Å². The highest BCUT2D eigenvalue weighted by Gasteiger charge is 2.22. The zero-order valence-electron chi connectivity index (χ0n) is 15.1. The van der Waals surface area contributed by atoms with Gasteiger partial charge in [0.05, 0.1) is 0 Å². The normalized spacial score (nSPS) is 12.0. The number of carbonyl (C=O) groups excluding carboxylic acids is 1. The summed E-state index contributed by atoms with van der Waals surface area (Å²) in [6.45, 7) is 4.65. The van der Waals surface area contributed by atoms with Crippen LogP contribution in [-0.2, 0) is 4.79 Å². The zero-order valence-corrected chi connectivity index (χ0v) is 15.1. The number of anilines is 1. The summed E-state index contributed by atoms with van der Waals surface area (Å²) in [6.07, 6.45) is 0. The molecule has 3 N–H and O–H groups in total. The average Bonchev–Trinajstić information content (AvgIpc) is 2.50. The molecule has 0 radical (unpaired) electrons. The fraction of sp³-hybridized carbons (Fsp3) is 0.389. The second-order valence-electron chi connectivity index (χ2n) is 6.23. The number of likely N-dealkylation sites (N-methyl/N-ethyl adjacent to an activating group) is 1. The lowest BCUT2D eigenvalue weighted by atomic mass is 10.0. The third-order valence-corrected chi connectivity index (χ3v) is 3.71. The SMILES string of the molecule is Cc1cccc(C(C(=O)NCCNc2nc(C)cc(=O)[nH]2)N(C)C)c1. The molecule has 2 rings (SSSR count). The lowest BCUT2D eigenvalue weighted by molar-refractivity contribution is -0.125. The molecule has 0 bridgehead atoms. The molecule has 0 saturated carbocycles. The molecule has 2 aromatic rings. The lowest BCUT2D eigenvalue weighted by Crippen LogP contribution is -2.39. The van der Waals surface area contributed by atoms with Crippen molar-refractivity contribution in [1.82, 2.24) is 20.2 Å². The van der Waals surface area contributed by atoms with Gasteiger partial charge in [-0.2, -0.15) is 0 Å². The summed E-state index contributed by atoms with van der Waals surface area (Å²) in [7, 11) is 3.76. The van der Waals surface area contributed by atoms with Crippen molar-refractivity contribution in [1.29, 1.82) is 0 Å². The van der Waals surface area contributed by atoms with E-state index in [4.69, 9.17) is 0 Å². The summed E-state index contributed by atoms with van der Waals surface area (Å²) < 4.78 is 0. The molecule has 0 fully saturated rings. The zero-order chi connectivity index (χ0) is 18.4. The number of aromatic amines is 1. The Labute approximate surface area is 147 Å². The van der Waals surface area contributed by atoms with Crippen LogP contribution < -0.4 is 16.2 Å². The number of amides is 1. The lowest BCUT2D eigenvalue weighted by Gasteiger charge is -2.24. The fourth-order valence-corrected chi connectivity index (χ4v) is 2.65. The number of hydrogen-bond acceptors (Lipinski definition) is 5. The van der Waals surface area contributed by atoms with Crippen molar-refractivity contribution >= 4 is 11.9 Å². The maximum absolute atomic E-state index is 12.6. The molecule has 1 aromatic heterocycles. The predicted molar refractivity (Wildman–Crippen MR) is 98.7 cm³/mol. The Morgan fingerprint density at radius 1 is 1.24 bits per heavy atom. The number of H-pyrrole nitrogens is 1. The highest BCUT2D eigenvalue weighted by Crippen LogP contribution is 2.19. The standard InChI is InChI=1S/C18H25N5O2/c1-12-6-5-7-14(10-12)16(23(3)4)17(25)19-8-9-20-18-21-13(2)11-15(24)22-18/h5-7,10-11,16H,8-9H2,1-4H3,(H,19,25)(H2,20,21,22,24). The monoisotopic (exact) mass is 343 g/mol. The number of nitrogens with one attached hydrogen (secondary N) is 3. The molecule has 7 heteroatoms. The first kappa shape index (κ1) is 18.7. The average molecular weight is 343 g/mol. The van der Waals surface area contributed by atoms with Crippen LogP contribution in [0, 0.1) is 13.8 Å². The summed E-state index contributed by atoms with van der Waals surface area (Å²) in [5, 5.41) is 5.92. The van der Waals surface area contributed by atoms with E-state index in [0.29, 0.717) is 24.7 Å². The molecule has 0 saturated heterocycles. The van der Waals surface area contributed by atoms with Gasteiger partial charge in [0.25, 0.3) is 5.56 Å². The molecule has 0 aliphatic carbocycles. The number of aromatic nitrogens is 2. The Morgan fingerprint density at radius 3 is 2.64 bits per heavy atom. The second kappa shape index (κ2) is 8.43. The highest BCUT2D eigenvalue weighted by atomic mass is 16.2. The maximum atomic E-state index is 12.6. The van der Waals surface area contributed by atoms with Gasteiger partial charge in [-0.15, -0.1) is 0 Å². The molecule has 25 heavy (non-hydrogen) atoms. The molecule has 1 aromatic carbocycles. The number of carbonyl (C=O) groups is 1. The van der Waals surface area contributed by atoms with Gasteiger partial charge >= 0.3 is 0 Å². The quantitative estimate of drug-likeness (QED) is 0.658. The molecular weight excluding hydrogens is 318 g/mol. The van der Waals surface area contributed by atoms with Gasteiger partial charge in [-0.1, -0.05) is 29.8 Å². The van der Waals surface area contributed by atoms with Crippen molar-refractivity contribution in [2.45, 2.75) is 19.9 Å². The Hall–Kier alpha value is -2.67. The number of hydrogen-bond donors (Lipinski definition) is 3. The van der Waals surface area contributed by atoms with Crippen molar-refractivity contribution in [2.24, 2.45) is 0 Å². The first-order valence-corrected chi connectivity index (χ1v) is 8.19. The maximum Gasteiger partial charge on any atom is 0.252 e. The third kappa shape index (κ3) is 5.42. The minimum atomic E-state index is -0.350. The number of nitrogens with zero attached hydrogens (tertiary/aromatic N) is 2. The van der Waals surface area contributed by atoms with E-state index < -0.39 is 0 Å². The molecule has 1 unspecified atom stereocenters. The van der Waals surface area contributed by atoms with Gasteiger partial charge in [0, 0.05) is 24.8 Å². The van der Waals surface area contributed by atoms with E-state index in [-0.39, 0.29) is 17.5 Å². The first-order valence-electron chi connectivity index (χ1n) is 8.19. The van der Waals surface area contributed by atoms with E-state index in [0.717, 1.165) is 11.1 Å². The van der Waals surface area contributed by atoms with Crippen LogP contribution in [0.1, 0.15) is 22.9 Å². The van der Waals surface area contributed by atoms with Crippen LogP contribution in [-0.4, -0.2) is 48.0 Å². The highest BCUT2D eigenvalue weighted by molar-refractivity contribution is 5.83. The first-order chi connectivity index (χ1) is 11.9. The van der Waals surface area contributed by atoms with Crippen LogP contribution in [0.25, 0.3) is 0 Å². The van der Waals surface area contributed by atoms with Gasteiger partial charge in [-0.3, -0.25) is 19.5 Å². The minimum absolute atomic E-state index is 0.0666. The van der Waals surface area contributed by atoms with E-state index in [2.05, 4.69) is 20.6 Å². The van der Waals surface area contributed by atoms with Gasteiger partial charge < -0.3 is 10.6 Å². The predicted octanol–water partition coefficient (Wildman–Crippen LogP) is 1.22. The summed E-state index contributed by atoms with van der Waals surface area (Å²) in [5.41, 5.74) is 2.52. The molecule has 134 valence electrons. The molecule has 0 spiro atoms. The third-order valence-electron chi connectivity index (χ3n) is 3.71. The van der Waals surface area contributed by atoms with Gasteiger partial charge in [0.1, 0.15) is 6.04 Å². The molecule has 1 atom stereocenters. The Balaban J connectivity index is 1.92. The van der Waals surface area contributed by atoms with Crippen molar-refractivity contribution in [3.8, 4) is 0 Å². The molecule has 0 aliphatic rings. The molecule has 1 heterocycles. The molecule has 7 nitrogen and oxygen atoms in total. The summed E-state index contributed by atoms with van der Waals surface area (Å²) in [4.78, 5) is 32.6. The van der Waals surface area contributed by atoms with Crippen molar-refractivity contribution < 1.29 is 4.79 Å². The number of benzene rings is 1. The summed E-state index contributed by atoms with van der Waals surface area (Å²) >= 11 is 0. The number of rotatable bonds is 7. The van der Waals surface area contributed by atoms with Crippen LogP contribution in [0.15, 0.2) is 35.1 Å². The minimum Gasteiger partial charge on any atom is -0.354 e. The largest absolute Gasteiger partial charge is 0.354 e. The van der Waals surface area contributed by atoms with Crippen LogP contribution in [0.4, 0.5) is 5.95 Å². The molecular formula is C18H25N5O2. The van der Waals surface area contributed by atoms with E-state index in [9.17, 15) is 9.59 Å². The van der Waals surface area contributed by atoms with E-state index in [1.54, 1.807) is 6.92 Å².